The molecule has 2 heterocycles. The highest BCUT2D eigenvalue weighted by Gasteiger charge is 2.34. The number of carbonyl (C=O) groups is 2. The molecule has 0 N–H and O–H groups in total. The topological polar surface area (TPSA) is 40.6 Å². The summed E-state index contributed by atoms with van der Waals surface area (Å²) in [5, 5.41) is 2.51. The second-order valence-corrected chi connectivity index (χ2v) is 9.26. The molecule has 1 atom stereocenters. The monoisotopic (exact) mass is 470 g/mol. The van der Waals surface area contributed by atoms with Crippen LogP contribution in [0, 0.1) is 5.82 Å². The Bertz CT molecular complexity index is 1120. The molecule has 0 fully saturated rings. The number of hydrogen-bond donors (Lipinski definition) is 0. The van der Waals surface area contributed by atoms with Crippen LogP contribution in [0.1, 0.15) is 45.7 Å². The molecule has 1 unspecified atom stereocenters. The molecule has 0 spiro atoms. The van der Waals surface area contributed by atoms with E-state index in [2.05, 4.69) is 0 Å². The van der Waals surface area contributed by atoms with Gasteiger partial charge in [-0.3, -0.25) is 9.59 Å². The number of fused-ring (bicyclic) bond motifs is 1. The lowest BCUT2D eigenvalue weighted by Gasteiger charge is -2.37. The number of halogens is 2. The summed E-state index contributed by atoms with van der Waals surface area (Å²) < 4.78 is 13.5. The zero-order valence-electron chi connectivity index (χ0n) is 17.8. The van der Waals surface area contributed by atoms with E-state index in [4.69, 9.17) is 11.6 Å². The maximum atomic E-state index is 13.5. The lowest BCUT2D eigenvalue weighted by atomic mass is 9.93. The highest BCUT2D eigenvalue weighted by Crippen LogP contribution is 2.38. The van der Waals surface area contributed by atoms with Gasteiger partial charge in [0.1, 0.15) is 12.4 Å². The summed E-state index contributed by atoms with van der Waals surface area (Å²) in [5.74, 6) is -0.650. The normalized spacial score (nSPS) is 15.3. The first kappa shape index (κ1) is 22.5. The summed E-state index contributed by atoms with van der Waals surface area (Å²) in [4.78, 5) is 31.2. The third kappa shape index (κ3) is 4.71. The smallest absolute Gasteiger partial charge is 0.254 e. The summed E-state index contributed by atoms with van der Waals surface area (Å²) in [5.41, 5.74) is 2.40. The Hall–Kier alpha value is -2.70. The van der Waals surface area contributed by atoms with Gasteiger partial charge in [0.25, 0.3) is 5.91 Å². The van der Waals surface area contributed by atoms with Crippen molar-refractivity contribution in [1.29, 1.82) is 0 Å². The molecule has 0 saturated carbocycles. The van der Waals surface area contributed by atoms with Crippen molar-refractivity contribution >= 4 is 34.8 Å². The quantitative estimate of drug-likeness (QED) is 0.472. The largest absolute Gasteiger partial charge is 0.330 e. The van der Waals surface area contributed by atoms with E-state index in [-0.39, 0.29) is 30.2 Å². The third-order valence-electron chi connectivity index (χ3n) is 5.65. The first-order valence-electron chi connectivity index (χ1n) is 10.6. The number of hydrogen-bond acceptors (Lipinski definition) is 3. The molecule has 4 rings (SSSR count). The van der Waals surface area contributed by atoms with Gasteiger partial charge in [-0.05, 0) is 65.7 Å². The van der Waals surface area contributed by atoms with Gasteiger partial charge in [0.15, 0.2) is 0 Å². The van der Waals surface area contributed by atoms with Crippen LogP contribution in [-0.2, 0) is 11.2 Å². The molecule has 0 bridgehead atoms. The standard InChI is InChI=1S/C25H24ClFN2O2S/c1-2-12-28(25(31)18-4-3-5-19(26)15-18)16-23(30)29-13-10-22-21(11-14-32-22)24(29)17-6-8-20(27)9-7-17/h3-9,11,14-15,24H,2,10,12-13,16H2,1H3. The summed E-state index contributed by atoms with van der Waals surface area (Å²) in [7, 11) is 0. The van der Waals surface area contributed by atoms with E-state index >= 15 is 0 Å². The van der Waals surface area contributed by atoms with Gasteiger partial charge in [0, 0.05) is 28.6 Å². The molecular weight excluding hydrogens is 447 g/mol. The Balaban J connectivity index is 1.61. The van der Waals surface area contributed by atoms with Crippen molar-refractivity contribution in [2.45, 2.75) is 25.8 Å². The van der Waals surface area contributed by atoms with Gasteiger partial charge in [0.05, 0.1) is 6.04 Å². The number of nitrogens with zero attached hydrogens (tertiary/aromatic N) is 2. The fourth-order valence-electron chi connectivity index (χ4n) is 4.17. The molecule has 1 aliphatic heterocycles. The van der Waals surface area contributed by atoms with Crippen LogP contribution >= 0.6 is 22.9 Å². The Morgan fingerprint density at radius 3 is 2.69 bits per heavy atom. The van der Waals surface area contributed by atoms with Gasteiger partial charge < -0.3 is 9.80 Å². The highest BCUT2D eigenvalue weighted by molar-refractivity contribution is 7.10. The zero-order valence-corrected chi connectivity index (χ0v) is 19.3. The Morgan fingerprint density at radius 1 is 1.19 bits per heavy atom. The van der Waals surface area contributed by atoms with E-state index in [1.807, 2.05) is 23.3 Å². The second-order valence-electron chi connectivity index (χ2n) is 7.83. The average Bonchev–Trinajstić information content (AvgIpc) is 3.27. The molecule has 1 aromatic heterocycles. The molecule has 32 heavy (non-hydrogen) atoms. The van der Waals surface area contributed by atoms with Crippen molar-refractivity contribution in [2.75, 3.05) is 19.6 Å². The van der Waals surface area contributed by atoms with Crippen molar-refractivity contribution < 1.29 is 14.0 Å². The van der Waals surface area contributed by atoms with Crippen molar-refractivity contribution in [3.8, 4) is 0 Å². The maximum Gasteiger partial charge on any atom is 0.254 e. The van der Waals surface area contributed by atoms with Crippen molar-refractivity contribution in [1.82, 2.24) is 9.80 Å². The van der Waals surface area contributed by atoms with Crippen LogP contribution in [0.3, 0.4) is 0 Å². The molecule has 0 aliphatic carbocycles. The second kappa shape index (κ2) is 9.84. The number of rotatable bonds is 6. The van der Waals surface area contributed by atoms with Crippen molar-refractivity contribution in [3.05, 3.63) is 92.4 Å². The number of benzene rings is 2. The summed E-state index contributed by atoms with van der Waals surface area (Å²) in [6, 6.07) is 14.8. The van der Waals surface area contributed by atoms with E-state index in [1.165, 1.54) is 17.0 Å². The molecule has 1 aliphatic rings. The van der Waals surface area contributed by atoms with Gasteiger partial charge >= 0.3 is 0 Å². The molecular formula is C25H24ClFN2O2S. The molecule has 4 nitrogen and oxygen atoms in total. The molecule has 2 amide bonds. The minimum atomic E-state index is -0.311. The first-order chi connectivity index (χ1) is 15.5. The Kier molecular flexibility index (Phi) is 6.92. The van der Waals surface area contributed by atoms with Gasteiger partial charge in [-0.25, -0.2) is 4.39 Å². The molecule has 2 aromatic carbocycles. The van der Waals surface area contributed by atoms with Crippen LogP contribution < -0.4 is 0 Å². The molecule has 0 saturated heterocycles. The fraction of sp³-hybridized carbons (Fsp3) is 0.280. The minimum Gasteiger partial charge on any atom is -0.330 e. The summed E-state index contributed by atoms with van der Waals surface area (Å²) in [6.07, 6.45) is 1.50. The van der Waals surface area contributed by atoms with Gasteiger partial charge in [-0.2, -0.15) is 0 Å². The van der Waals surface area contributed by atoms with Crippen LogP contribution in [0.25, 0.3) is 0 Å². The van der Waals surface area contributed by atoms with Crippen LogP contribution in [0.15, 0.2) is 60.0 Å². The summed E-state index contributed by atoms with van der Waals surface area (Å²) >= 11 is 7.74. The van der Waals surface area contributed by atoms with Gasteiger partial charge in [-0.15, -0.1) is 11.3 Å². The van der Waals surface area contributed by atoms with E-state index < -0.39 is 0 Å². The van der Waals surface area contributed by atoms with Crippen molar-refractivity contribution in [2.24, 2.45) is 0 Å². The van der Waals surface area contributed by atoms with Gasteiger partial charge in [-0.1, -0.05) is 36.7 Å². The lowest BCUT2D eigenvalue weighted by Crippen LogP contribution is -2.47. The fourth-order valence-corrected chi connectivity index (χ4v) is 5.26. The van der Waals surface area contributed by atoms with Crippen LogP contribution in [0.2, 0.25) is 5.02 Å². The predicted octanol–water partition coefficient (Wildman–Crippen LogP) is 5.57. The number of carbonyl (C=O) groups excluding carboxylic acids is 2. The van der Waals surface area contributed by atoms with Crippen LogP contribution in [0.5, 0.6) is 0 Å². The predicted molar refractivity (Wildman–Crippen MR) is 126 cm³/mol. The maximum absolute atomic E-state index is 13.5. The number of thiophene rings is 1. The van der Waals surface area contributed by atoms with E-state index in [9.17, 15) is 14.0 Å². The molecule has 3 aromatic rings. The Labute approximate surface area is 196 Å². The molecule has 166 valence electrons. The molecule has 0 radical (unpaired) electrons. The van der Waals surface area contributed by atoms with E-state index in [0.29, 0.717) is 23.7 Å². The zero-order chi connectivity index (χ0) is 22.7. The van der Waals surface area contributed by atoms with Gasteiger partial charge in [0.2, 0.25) is 5.91 Å². The number of amides is 2. The van der Waals surface area contributed by atoms with Crippen LogP contribution in [-0.4, -0.2) is 41.2 Å². The third-order valence-corrected chi connectivity index (χ3v) is 6.88. The first-order valence-corrected chi connectivity index (χ1v) is 11.9. The van der Waals surface area contributed by atoms with E-state index in [0.717, 1.165) is 24.0 Å². The van der Waals surface area contributed by atoms with Crippen molar-refractivity contribution in [3.63, 3.8) is 0 Å². The van der Waals surface area contributed by atoms with E-state index in [1.54, 1.807) is 52.6 Å². The minimum absolute atomic E-state index is 0.0175. The van der Waals surface area contributed by atoms with Crippen LogP contribution in [0.4, 0.5) is 4.39 Å². The summed E-state index contributed by atoms with van der Waals surface area (Å²) in [6.45, 7) is 2.98. The highest BCUT2D eigenvalue weighted by atomic mass is 35.5. The lowest BCUT2D eigenvalue weighted by molar-refractivity contribution is -0.134. The average molecular weight is 471 g/mol. The SMILES string of the molecule is CCCN(CC(=O)N1CCc2sccc2C1c1ccc(F)cc1)C(=O)c1cccc(Cl)c1. The molecule has 7 heteroatoms. The Morgan fingerprint density at radius 2 is 1.97 bits per heavy atom.